The normalized spacial score (nSPS) is 11.8. The van der Waals surface area contributed by atoms with E-state index in [9.17, 15) is 4.79 Å². The van der Waals surface area contributed by atoms with Crippen LogP contribution in [-0.4, -0.2) is 20.2 Å². The molecule has 0 rings (SSSR count). The van der Waals surface area contributed by atoms with Gasteiger partial charge >= 0.3 is 10.4 Å². The Morgan fingerprint density at radius 2 is 2.00 bits per heavy atom. The fourth-order valence-electron chi connectivity index (χ4n) is 0.122. The monoisotopic (exact) mass is 227 g/mol. The van der Waals surface area contributed by atoms with Crippen LogP contribution < -0.4 is 0 Å². The Labute approximate surface area is 76.4 Å². The maximum absolute atomic E-state index is 10.4. The van der Waals surface area contributed by atoms with Crippen LogP contribution in [0.25, 0.3) is 0 Å². The number of hydrogen-bond acceptors (Lipinski definition) is 4. The number of hydroxylamine groups is 1. The van der Waals surface area contributed by atoms with Crippen LogP contribution in [0.2, 0.25) is 0 Å². The predicted octanol–water partition coefficient (Wildman–Crippen LogP) is 1.66. The fraction of sp³-hybridized carbons (Fsp3) is 0.500. The number of hydrogen-bond donors (Lipinski definition) is 1. The summed E-state index contributed by atoms with van der Waals surface area (Å²) in [5.41, 5.74) is 0. The summed E-state index contributed by atoms with van der Waals surface area (Å²) in [4.78, 5) is 10.4. The molecule has 0 aliphatic heterocycles. The molecule has 4 nitrogen and oxygen atoms in total. The van der Waals surface area contributed by atoms with Crippen molar-refractivity contribution in [2.24, 2.45) is 0 Å². The molecule has 0 spiro atoms. The van der Waals surface area contributed by atoms with E-state index in [1.54, 1.807) is 0 Å². The van der Waals surface area contributed by atoms with Crippen molar-refractivity contribution < 1.29 is 14.3 Å². The number of carbonyl (C=O) groups excluding carboxylic acids is 1. The number of alkyl halides is 2. The van der Waals surface area contributed by atoms with Crippen LogP contribution >= 0.6 is 46.8 Å². The second kappa shape index (κ2) is 3.80. The van der Waals surface area contributed by atoms with Gasteiger partial charge in [0.1, 0.15) is 11.9 Å². The van der Waals surface area contributed by atoms with Gasteiger partial charge in [-0.05, 0) is 0 Å². The van der Waals surface area contributed by atoms with Gasteiger partial charge in [0.2, 0.25) is 0 Å². The average Bonchev–Trinajstić information content (AvgIpc) is 1.86. The van der Waals surface area contributed by atoms with Gasteiger partial charge in [0.05, 0.1) is 0 Å². The van der Waals surface area contributed by atoms with E-state index in [0.29, 0.717) is 0 Å². The quantitative estimate of drug-likeness (QED) is 0.338. The summed E-state index contributed by atoms with van der Waals surface area (Å²) < 4.78 is 0.911. The van der Waals surface area contributed by atoms with E-state index >= 15 is 0 Å². The summed E-state index contributed by atoms with van der Waals surface area (Å²) in [5, 5.41) is 8.36. The summed E-state index contributed by atoms with van der Waals surface area (Å²) in [6, 6.07) is 0. The predicted molar refractivity (Wildman–Crippen MR) is 35.9 cm³/mol. The van der Waals surface area contributed by atoms with Crippen LogP contribution in [0.5, 0.6) is 0 Å². The maximum Gasteiger partial charge on any atom is 0.379 e. The molecule has 0 unspecified atom stereocenters. The van der Waals surface area contributed by atoms with Gasteiger partial charge in [-0.25, -0.2) is 4.79 Å². The zero-order valence-corrected chi connectivity index (χ0v) is 7.25. The zero-order chi connectivity index (χ0) is 8.36. The van der Waals surface area contributed by atoms with Crippen LogP contribution in [0.15, 0.2) is 0 Å². The molecule has 0 aromatic rings. The first-order chi connectivity index (χ1) is 4.42. The molecule has 0 fully saturated rings. The molecule has 0 aromatic carbocycles. The van der Waals surface area contributed by atoms with Crippen molar-refractivity contribution in [1.82, 2.24) is 4.58 Å². The van der Waals surface area contributed by atoms with Crippen LogP contribution in [0, 0.1) is 0 Å². The largest absolute Gasteiger partial charge is 0.379 e. The highest BCUT2D eigenvalue weighted by atomic mass is 35.5. The maximum atomic E-state index is 10.4. The Hall–Kier alpha value is 0.550. The first-order valence-corrected chi connectivity index (χ1v) is 3.19. The number of rotatable bonds is 2. The second-order valence-corrected chi connectivity index (χ2v) is 2.93. The lowest BCUT2D eigenvalue weighted by Gasteiger charge is -2.17. The minimum absolute atomic E-state index is 0.263. The van der Waals surface area contributed by atoms with Gasteiger partial charge in [-0.1, -0.05) is 27.8 Å². The average molecular weight is 229 g/mol. The van der Waals surface area contributed by atoms with Gasteiger partial charge in [-0.2, -0.15) is 0 Å². The van der Waals surface area contributed by atoms with Crippen LogP contribution in [0.1, 0.15) is 0 Å². The highest BCUT2D eigenvalue weighted by Crippen LogP contribution is 2.27. The van der Waals surface area contributed by atoms with Crippen molar-refractivity contribution in [3.8, 4) is 0 Å². The lowest BCUT2D eigenvalue weighted by Crippen LogP contribution is -2.38. The van der Waals surface area contributed by atoms with E-state index in [4.69, 9.17) is 40.2 Å². The molecular formula is C2HCl4NO3. The molecule has 10 heavy (non-hydrogen) atoms. The molecule has 0 saturated heterocycles. The Balaban J connectivity index is 4.24. The molecule has 0 radical (unpaired) electrons. The minimum atomic E-state index is -2.39. The van der Waals surface area contributed by atoms with E-state index in [0.717, 1.165) is 0 Å². The summed E-state index contributed by atoms with van der Waals surface area (Å²) >= 11 is 19.5. The van der Waals surface area contributed by atoms with Crippen molar-refractivity contribution in [3.05, 3.63) is 0 Å². The van der Waals surface area contributed by atoms with Crippen molar-refractivity contribution in [2.75, 3.05) is 0 Å². The third-order valence-electron chi connectivity index (χ3n) is 0.547. The Morgan fingerprint density at radius 1 is 1.60 bits per heavy atom. The van der Waals surface area contributed by atoms with Crippen molar-refractivity contribution in [1.29, 1.82) is 0 Å². The lowest BCUT2D eigenvalue weighted by molar-refractivity contribution is -0.145. The molecule has 0 aliphatic carbocycles. The summed E-state index contributed by atoms with van der Waals surface area (Å²) in [6.45, 7) is 0. The summed E-state index contributed by atoms with van der Waals surface area (Å²) in [7, 11) is 0. The van der Waals surface area contributed by atoms with Crippen molar-refractivity contribution >= 4 is 52.8 Å². The van der Waals surface area contributed by atoms with Crippen LogP contribution in [-0.2, 0) is 9.08 Å². The van der Waals surface area contributed by atoms with Gasteiger partial charge in [-0.3, -0.25) is 5.21 Å². The molecule has 0 bridgehead atoms. The number of halogens is 4. The van der Waals surface area contributed by atoms with E-state index < -0.39 is 10.4 Å². The highest BCUT2D eigenvalue weighted by Gasteiger charge is 2.42. The topological polar surface area (TPSA) is 49.8 Å². The highest BCUT2D eigenvalue weighted by molar-refractivity contribution is 6.59. The van der Waals surface area contributed by atoms with Gasteiger partial charge in [0, 0.05) is 11.8 Å². The lowest BCUT2D eigenvalue weighted by atomic mass is 10.7. The molecule has 1 N–H and O–H groups in total. The molecule has 0 aromatic heterocycles. The molecule has 0 amide bonds. The minimum Gasteiger partial charge on any atom is -0.343 e. The third-order valence-corrected chi connectivity index (χ3v) is 1.74. The molecule has 0 heterocycles. The molecule has 0 saturated carbocycles. The van der Waals surface area contributed by atoms with Gasteiger partial charge in [0.15, 0.2) is 0 Å². The standard InChI is InChI=1S/C2HCl4NO3/c3-2(4,7(5)9)1(8)10-6/h9H. The van der Waals surface area contributed by atoms with Crippen LogP contribution in [0.3, 0.4) is 0 Å². The Bertz CT molecular complexity index is 136. The van der Waals surface area contributed by atoms with E-state index in [-0.39, 0.29) is 4.58 Å². The van der Waals surface area contributed by atoms with Gasteiger partial charge in [0.25, 0.3) is 0 Å². The van der Waals surface area contributed by atoms with E-state index in [1.165, 1.54) is 0 Å². The van der Waals surface area contributed by atoms with Gasteiger partial charge < -0.3 is 4.29 Å². The third kappa shape index (κ3) is 2.30. The smallest absolute Gasteiger partial charge is 0.343 e. The van der Waals surface area contributed by atoms with Gasteiger partial charge in [-0.15, -0.1) is 0 Å². The molecule has 0 aliphatic rings. The van der Waals surface area contributed by atoms with E-state index in [1.807, 2.05) is 0 Å². The van der Waals surface area contributed by atoms with E-state index in [2.05, 4.69) is 16.2 Å². The Kier molecular flexibility index (Phi) is 4.01. The van der Waals surface area contributed by atoms with Crippen molar-refractivity contribution in [3.63, 3.8) is 0 Å². The zero-order valence-electron chi connectivity index (χ0n) is 4.22. The SMILES string of the molecule is O=C(OCl)C(Cl)(Cl)N(O)Cl. The fourth-order valence-corrected chi connectivity index (χ4v) is 0.459. The summed E-state index contributed by atoms with van der Waals surface area (Å²) in [6.07, 6.45) is 0. The summed E-state index contributed by atoms with van der Waals surface area (Å²) in [5.74, 6) is -1.30. The second-order valence-electron chi connectivity index (χ2n) is 1.17. The molecule has 8 heteroatoms. The van der Waals surface area contributed by atoms with Crippen LogP contribution in [0.4, 0.5) is 0 Å². The Morgan fingerprint density at radius 3 is 2.10 bits per heavy atom. The van der Waals surface area contributed by atoms with Crippen molar-refractivity contribution in [2.45, 2.75) is 4.46 Å². The molecular weight excluding hydrogens is 228 g/mol. The first kappa shape index (κ1) is 10.6. The molecule has 0 atom stereocenters. The number of carbonyl (C=O) groups is 1. The first-order valence-electron chi connectivity index (χ1n) is 1.78. The molecule has 60 valence electrons. The number of nitrogens with zero attached hydrogens (tertiary/aromatic N) is 1.